The lowest BCUT2D eigenvalue weighted by molar-refractivity contribution is 0.297. The highest BCUT2D eigenvalue weighted by atomic mass is 14.9. The minimum absolute atomic E-state index is 0.586. The molecule has 3 rings (SSSR count). The predicted molar refractivity (Wildman–Crippen MR) is 119 cm³/mol. The third-order valence-corrected chi connectivity index (χ3v) is 6.42. The number of rotatable bonds is 10. The van der Waals surface area contributed by atoms with E-state index in [1.54, 1.807) is 0 Å². The molecule has 0 bridgehead atoms. The van der Waals surface area contributed by atoms with Crippen molar-refractivity contribution in [1.82, 2.24) is 9.97 Å². The Kier molecular flexibility index (Phi) is 8.51. The molecule has 0 atom stereocenters. The van der Waals surface area contributed by atoms with Crippen LogP contribution in [0.2, 0.25) is 0 Å². The molecule has 0 spiro atoms. The van der Waals surface area contributed by atoms with E-state index in [0.717, 1.165) is 24.6 Å². The van der Waals surface area contributed by atoms with Crippen LogP contribution in [0.5, 0.6) is 0 Å². The summed E-state index contributed by atoms with van der Waals surface area (Å²) in [6, 6.07) is 9.10. The molecule has 1 aliphatic carbocycles. The molecule has 2 nitrogen and oxygen atoms in total. The van der Waals surface area contributed by atoms with Gasteiger partial charge in [0.25, 0.3) is 0 Å². The number of benzene rings is 1. The minimum atomic E-state index is 0.586. The van der Waals surface area contributed by atoms with Gasteiger partial charge < -0.3 is 0 Å². The Balaban J connectivity index is 1.43. The third-order valence-electron chi connectivity index (χ3n) is 6.42. The minimum Gasteiger partial charge on any atom is -0.241 e. The van der Waals surface area contributed by atoms with Gasteiger partial charge in [-0.05, 0) is 67.6 Å². The highest BCUT2D eigenvalue weighted by molar-refractivity contribution is 5.23. The fourth-order valence-electron chi connectivity index (χ4n) is 4.55. The summed E-state index contributed by atoms with van der Waals surface area (Å²) in [6.45, 7) is 4.53. The number of aromatic nitrogens is 2. The van der Waals surface area contributed by atoms with Gasteiger partial charge in [-0.25, -0.2) is 9.97 Å². The van der Waals surface area contributed by atoms with Gasteiger partial charge in [0.2, 0.25) is 0 Å². The average Bonchev–Trinajstić information content (AvgIpc) is 2.75. The van der Waals surface area contributed by atoms with Gasteiger partial charge in [-0.2, -0.15) is 0 Å². The summed E-state index contributed by atoms with van der Waals surface area (Å²) in [4.78, 5) is 9.48. The molecule has 0 unspecified atom stereocenters. The fraction of sp³-hybridized carbons (Fsp3) is 0.615. The van der Waals surface area contributed by atoms with E-state index < -0.39 is 0 Å². The molecule has 152 valence electrons. The van der Waals surface area contributed by atoms with Gasteiger partial charge in [0.05, 0.1) is 0 Å². The molecule has 2 heteroatoms. The molecule has 1 aromatic heterocycles. The van der Waals surface area contributed by atoms with Gasteiger partial charge >= 0.3 is 0 Å². The molecule has 28 heavy (non-hydrogen) atoms. The first-order chi connectivity index (χ1) is 13.8. The average molecular weight is 379 g/mol. The van der Waals surface area contributed by atoms with Crippen LogP contribution in [-0.4, -0.2) is 9.97 Å². The van der Waals surface area contributed by atoms with Gasteiger partial charge in [0.1, 0.15) is 5.82 Å². The van der Waals surface area contributed by atoms with Crippen molar-refractivity contribution in [2.75, 3.05) is 0 Å². The molecule has 1 aliphatic rings. The van der Waals surface area contributed by atoms with Crippen molar-refractivity contribution < 1.29 is 0 Å². The van der Waals surface area contributed by atoms with Crippen LogP contribution in [0.25, 0.3) is 0 Å². The summed E-state index contributed by atoms with van der Waals surface area (Å²) >= 11 is 0. The van der Waals surface area contributed by atoms with Gasteiger partial charge in [-0.15, -0.1) is 0 Å². The Morgan fingerprint density at radius 3 is 1.93 bits per heavy atom. The molecule has 0 amide bonds. The van der Waals surface area contributed by atoms with E-state index in [2.05, 4.69) is 50.5 Å². The van der Waals surface area contributed by atoms with Crippen molar-refractivity contribution in [3.8, 4) is 0 Å². The van der Waals surface area contributed by atoms with E-state index in [9.17, 15) is 0 Å². The third kappa shape index (κ3) is 6.43. The lowest BCUT2D eigenvalue weighted by atomic mass is 9.79. The molecule has 1 heterocycles. The first-order valence-corrected chi connectivity index (χ1v) is 11.7. The largest absolute Gasteiger partial charge is 0.241 e. The lowest BCUT2D eigenvalue weighted by Gasteiger charge is -2.27. The van der Waals surface area contributed by atoms with Crippen molar-refractivity contribution in [1.29, 1.82) is 0 Å². The summed E-state index contributed by atoms with van der Waals surface area (Å²) in [6.07, 6.45) is 19.5. The number of hydrogen-bond donors (Lipinski definition) is 0. The Hall–Kier alpha value is -1.70. The number of hydrogen-bond acceptors (Lipinski definition) is 2. The molecule has 0 radical (unpaired) electrons. The number of unbranched alkanes of at least 4 members (excludes halogenated alkanes) is 2. The maximum atomic E-state index is 4.74. The van der Waals surface area contributed by atoms with Crippen LogP contribution in [0.1, 0.15) is 100 Å². The Bertz CT molecular complexity index is 667. The zero-order valence-corrected chi connectivity index (χ0v) is 18.0. The fourth-order valence-corrected chi connectivity index (χ4v) is 4.55. The second-order valence-corrected chi connectivity index (χ2v) is 8.73. The normalized spacial score (nSPS) is 19.6. The van der Waals surface area contributed by atoms with Crippen LogP contribution in [0.4, 0.5) is 0 Å². The van der Waals surface area contributed by atoms with Crippen LogP contribution >= 0.6 is 0 Å². The molecule has 0 saturated heterocycles. The maximum absolute atomic E-state index is 4.74. The first-order valence-electron chi connectivity index (χ1n) is 11.7. The molecule has 1 saturated carbocycles. The summed E-state index contributed by atoms with van der Waals surface area (Å²) in [5.41, 5.74) is 4.11. The first kappa shape index (κ1) is 21.0. The summed E-state index contributed by atoms with van der Waals surface area (Å²) in [5.74, 6) is 2.62. The second-order valence-electron chi connectivity index (χ2n) is 8.73. The molecule has 0 N–H and O–H groups in total. The van der Waals surface area contributed by atoms with E-state index in [1.165, 1.54) is 80.9 Å². The van der Waals surface area contributed by atoms with Crippen molar-refractivity contribution in [3.63, 3.8) is 0 Å². The van der Waals surface area contributed by atoms with Crippen LogP contribution in [0.15, 0.2) is 36.7 Å². The predicted octanol–water partition coefficient (Wildman–Crippen LogP) is 7.07. The van der Waals surface area contributed by atoms with Crippen molar-refractivity contribution in [3.05, 3.63) is 59.2 Å². The summed E-state index contributed by atoms with van der Waals surface area (Å²) < 4.78 is 0. The Morgan fingerprint density at radius 2 is 1.32 bits per heavy atom. The highest BCUT2D eigenvalue weighted by Crippen LogP contribution is 2.36. The van der Waals surface area contributed by atoms with E-state index >= 15 is 0 Å². The summed E-state index contributed by atoms with van der Waals surface area (Å²) in [5, 5.41) is 0. The summed E-state index contributed by atoms with van der Waals surface area (Å²) in [7, 11) is 0. The van der Waals surface area contributed by atoms with Gasteiger partial charge in [-0.3, -0.25) is 0 Å². The Labute approximate surface area is 172 Å². The van der Waals surface area contributed by atoms with E-state index in [4.69, 9.17) is 9.97 Å². The second kappa shape index (κ2) is 11.3. The highest BCUT2D eigenvalue weighted by Gasteiger charge is 2.23. The van der Waals surface area contributed by atoms with Gasteiger partial charge in [-0.1, -0.05) is 70.2 Å². The van der Waals surface area contributed by atoms with Crippen molar-refractivity contribution in [2.45, 2.75) is 96.8 Å². The van der Waals surface area contributed by atoms with Crippen molar-refractivity contribution >= 4 is 0 Å². The van der Waals surface area contributed by atoms with Crippen LogP contribution in [-0.2, 0) is 19.3 Å². The smallest absolute Gasteiger partial charge is 0.131 e. The maximum Gasteiger partial charge on any atom is 0.131 e. The topological polar surface area (TPSA) is 25.8 Å². The van der Waals surface area contributed by atoms with Gasteiger partial charge in [0, 0.05) is 18.3 Å². The monoisotopic (exact) mass is 378 g/mol. The standard InChI is InChI=1S/C26H38N2/c1-3-5-6-8-22-15-17-25(18-16-22)26-27-19-24(20-28-26)14-13-23-11-9-21(7-4-2)10-12-23/h9-12,19-20,22,25H,3-8,13-18H2,1-2H3. The van der Waals surface area contributed by atoms with Crippen molar-refractivity contribution in [2.24, 2.45) is 5.92 Å². The number of aryl methyl sites for hydroxylation is 3. The quantitative estimate of drug-likeness (QED) is 0.413. The van der Waals surface area contributed by atoms with Gasteiger partial charge in [0.15, 0.2) is 0 Å². The number of nitrogens with zero attached hydrogens (tertiary/aromatic N) is 2. The van der Waals surface area contributed by atoms with Crippen LogP contribution in [0.3, 0.4) is 0 Å². The zero-order valence-electron chi connectivity index (χ0n) is 18.0. The van der Waals surface area contributed by atoms with E-state index in [0.29, 0.717) is 5.92 Å². The molecular weight excluding hydrogens is 340 g/mol. The molecular formula is C26H38N2. The van der Waals surface area contributed by atoms with E-state index in [1.807, 2.05) is 0 Å². The molecule has 1 fully saturated rings. The van der Waals surface area contributed by atoms with E-state index in [-0.39, 0.29) is 0 Å². The zero-order chi connectivity index (χ0) is 19.6. The van der Waals surface area contributed by atoms with Crippen LogP contribution < -0.4 is 0 Å². The molecule has 0 aliphatic heterocycles. The Morgan fingerprint density at radius 1 is 0.714 bits per heavy atom. The van der Waals surface area contributed by atoms with Crippen LogP contribution in [0, 0.1) is 5.92 Å². The molecule has 2 aromatic rings. The SMILES string of the molecule is CCCCCC1CCC(c2ncc(CCc3ccc(CCC)cc3)cn2)CC1. The lowest BCUT2D eigenvalue weighted by Crippen LogP contribution is -2.15. The molecule has 1 aromatic carbocycles.